The Morgan fingerprint density at radius 2 is 1.77 bits per heavy atom. The zero-order valence-electron chi connectivity index (χ0n) is 18.6. The summed E-state index contributed by atoms with van der Waals surface area (Å²) in [5, 5.41) is 10.6. The summed E-state index contributed by atoms with van der Waals surface area (Å²) in [4.78, 5) is 11.7. The van der Waals surface area contributed by atoms with Crippen LogP contribution in [-0.2, 0) is 25.0 Å². The maximum absolute atomic E-state index is 5.34. The van der Waals surface area contributed by atoms with E-state index in [2.05, 4.69) is 82.6 Å². The molecule has 8 heteroatoms. The summed E-state index contributed by atoms with van der Waals surface area (Å²) < 4.78 is 5.34. The van der Waals surface area contributed by atoms with Crippen LogP contribution < -0.4 is 10.6 Å². The number of aromatic nitrogens is 2. The minimum absolute atomic E-state index is 0. The highest BCUT2D eigenvalue weighted by molar-refractivity contribution is 14.0. The van der Waals surface area contributed by atoms with Crippen LogP contribution in [-0.4, -0.2) is 40.6 Å². The minimum Gasteiger partial charge on any atom is -0.357 e. The van der Waals surface area contributed by atoms with Crippen LogP contribution in [0.5, 0.6) is 0 Å². The summed E-state index contributed by atoms with van der Waals surface area (Å²) in [5.74, 6) is 2.02. The molecule has 0 spiro atoms. The first-order valence-electron chi connectivity index (χ1n) is 10.6. The van der Waals surface area contributed by atoms with Gasteiger partial charge in [-0.2, -0.15) is 4.98 Å². The van der Waals surface area contributed by atoms with Crippen molar-refractivity contribution in [2.24, 2.45) is 4.99 Å². The van der Waals surface area contributed by atoms with Crippen LogP contribution in [0.4, 0.5) is 0 Å². The van der Waals surface area contributed by atoms with Crippen LogP contribution in [0, 0.1) is 0 Å². The molecule has 0 saturated carbocycles. The van der Waals surface area contributed by atoms with Crippen LogP contribution in [0.15, 0.2) is 33.8 Å². The molecular formula is C22H35IN6O. The summed E-state index contributed by atoms with van der Waals surface area (Å²) in [7, 11) is 0. The van der Waals surface area contributed by atoms with Crippen LogP contribution >= 0.6 is 24.0 Å². The normalized spacial score (nSPS) is 15.1. The van der Waals surface area contributed by atoms with E-state index in [1.807, 2.05) is 0 Å². The summed E-state index contributed by atoms with van der Waals surface area (Å²) in [6, 6.07) is 8.79. The molecule has 0 atom stereocenters. The molecule has 0 bridgehead atoms. The van der Waals surface area contributed by atoms with Crippen LogP contribution in [0.2, 0.25) is 0 Å². The molecule has 2 heterocycles. The van der Waals surface area contributed by atoms with Gasteiger partial charge in [0.05, 0.1) is 13.1 Å². The van der Waals surface area contributed by atoms with E-state index in [9.17, 15) is 0 Å². The quantitative estimate of drug-likeness (QED) is 0.325. The van der Waals surface area contributed by atoms with Gasteiger partial charge in [0.15, 0.2) is 11.8 Å². The van der Waals surface area contributed by atoms with Crippen LogP contribution in [0.25, 0.3) is 0 Å². The fraction of sp³-hybridized carbons (Fsp3) is 0.591. The van der Waals surface area contributed by atoms with Gasteiger partial charge >= 0.3 is 0 Å². The van der Waals surface area contributed by atoms with Crippen molar-refractivity contribution in [1.29, 1.82) is 0 Å². The first kappa shape index (κ1) is 24.6. The van der Waals surface area contributed by atoms with Gasteiger partial charge in [-0.1, -0.05) is 50.2 Å². The second kappa shape index (κ2) is 11.6. The molecule has 0 amide bonds. The SMILES string of the molecule is CCNC(=NCc1ccc(CN2CCCC2)cc1)NCc1noc(C(C)(C)C)n1.I. The van der Waals surface area contributed by atoms with Gasteiger partial charge in [-0.3, -0.25) is 4.90 Å². The average molecular weight is 526 g/mol. The maximum Gasteiger partial charge on any atom is 0.232 e. The van der Waals surface area contributed by atoms with Gasteiger partial charge < -0.3 is 15.2 Å². The molecule has 1 fully saturated rings. The van der Waals surface area contributed by atoms with Gasteiger partial charge in [0.25, 0.3) is 0 Å². The number of guanidine groups is 1. The molecule has 1 aliphatic rings. The van der Waals surface area contributed by atoms with Crippen molar-refractivity contribution in [2.75, 3.05) is 19.6 Å². The number of nitrogens with zero attached hydrogens (tertiary/aromatic N) is 4. The Labute approximate surface area is 197 Å². The zero-order valence-corrected chi connectivity index (χ0v) is 20.9. The smallest absolute Gasteiger partial charge is 0.232 e. The average Bonchev–Trinajstić information content (AvgIpc) is 3.37. The van der Waals surface area contributed by atoms with E-state index in [1.165, 1.54) is 37.1 Å². The Kier molecular flexibility index (Phi) is 9.54. The lowest BCUT2D eigenvalue weighted by Gasteiger charge is -2.14. The van der Waals surface area contributed by atoms with E-state index in [0.29, 0.717) is 24.8 Å². The lowest BCUT2D eigenvalue weighted by molar-refractivity contribution is 0.318. The molecule has 1 aromatic carbocycles. The van der Waals surface area contributed by atoms with Crippen LogP contribution in [0.3, 0.4) is 0 Å². The Bertz CT molecular complexity index is 791. The van der Waals surface area contributed by atoms with Crippen LogP contribution in [0.1, 0.15) is 63.4 Å². The fourth-order valence-electron chi connectivity index (χ4n) is 3.25. The highest BCUT2D eigenvalue weighted by Gasteiger charge is 2.21. The van der Waals surface area contributed by atoms with Gasteiger partial charge in [-0.05, 0) is 44.0 Å². The zero-order chi connectivity index (χ0) is 20.7. The molecule has 30 heavy (non-hydrogen) atoms. The number of nitrogens with one attached hydrogen (secondary N) is 2. The standard InChI is InChI=1S/C22H34N6O.HI/c1-5-23-21(25-15-19-26-20(29-27-19)22(2,3)4)24-14-17-8-10-18(11-9-17)16-28-12-6-7-13-28;/h8-11H,5-7,12-16H2,1-4H3,(H2,23,24,25);1H. The molecule has 1 aromatic heterocycles. The minimum atomic E-state index is -0.148. The lowest BCUT2D eigenvalue weighted by atomic mass is 9.97. The highest BCUT2D eigenvalue weighted by Crippen LogP contribution is 2.19. The van der Waals surface area contributed by atoms with Crippen molar-refractivity contribution < 1.29 is 4.52 Å². The molecular weight excluding hydrogens is 491 g/mol. The van der Waals surface area contributed by atoms with Gasteiger partial charge in [-0.25, -0.2) is 4.99 Å². The summed E-state index contributed by atoms with van der Waals surface area (Å²) in [6.45, 7) is 13.6. The summed E-state index contributed by atoms with van der Waals surface area (Å²) in [6.07, 6.45) is 2.66. The van der Waals surface area contributed by atoms with Crippen molar-refractivity contribution in [3.8, 4) is 0 Å². The molecule has 3 rings (SSSR count). The third kappa shape index (κ3) is 7.54. The van der Waals surface area contributed by atoms with E-state index in [1.54, 1.807) is 0 Å². The second-order valence-corrected chi connectivity index (χ2v) is 8.61. The molecule has 1 saturated heterocycles. The molecule has 7 nitrogen and oxygen atoms in total. The molecule has 1 aliphatic heterocycles. The third-order valence-corrected chi connectivity index (χ3v) is 4.92. The Balaban J connectivity index is 0.00000320. The van der Waals surface area contributed by atoms with E-state index in [-0.39, 0.29) is 29.4 Å². The Morgan fingerprint density at radius 1 is 1.10 bits per heavy atom. The Morgan fingerprint density at radius 3 is 2.37 bits per heavy atom. The van der Waals surface area contributed by atoms with Crippen molar-refractivity contribution in [2.45, 2.75) is 65.6 Å². The summed E-state index contributed by atoms with van der Waals surface area (Å²) in [5.41, 5.74) is 2.42. The largest absolute Gasteiger partial charge is 0.357 e. The van der Waals surface area contributed by atoms with E-state index in [0.717, 1.165) is 19.0 Å². The fourth-order valence-corrected chi connectivity index (χ4v) is 3.25. The Hall–Kier alpha value is -1.68. The molecule has 2 aromatic rings. The molecule has 0 unspecified atom stereocenters. The molecule has 166 valence electrons. The number of hydrogen-bond donors (Lipinski definition) is 2. The monoisotopic (exact) mass is 526 g/mol. The first-order valence-corrected chi connectivity index (χ1v) is 10.6. The van der Waals surface area contributed by atoms with Crippen molar-refractivity contribution in [1.82, 2.24) is 25.7 Å². The van der Waals surface area contributed by atoms with Crippen molar-refractivity contribution >= 4 is 29.9 Å². The highest BCUT2D eigenvalue weighted by atomic mass is 127. The van der Waals surface area contributed by atoms with E-state index < -0.39 is 0 Å². The van der Waals surface area contributed by atoms with E-state index >= 15 is 0 Å². The number of likely N-dealkylation sites (tertiary alicyclic amines) is 1. The van der Waals surface area contributed by atoms with Gasteiger partial charge in [-0.15, -0.1) is 24.0 Å². The first-order chi connectivity index (χ1) is 13.9. The number of rotatable bonds is 7. The topological polar surface area (TPSA) is 78.6 Å². The van der Waals surface area contributed by atoms with Gasteiger partial charge in [0.1, 0.15) is 0 Å². The van der Waals surface area contributed by atoms with E-state index in [4.69, 9.17) is 4.52 Å². The molecule has 0 radical (unpaired) electrons. The summed E-state index contributed by atoms with van der Waals surface area (Å²) >= 11 is 0. The molecule has 2 N–H and O–H groups in total. The maximum atomic E-state index is 5.34. The number of hydrogen-bond acceptors (Lipinski definition) is 5. The van der Waals surface area contributed by atoms with Crippen molar-refractivity contribution in [3.05, 3.63) is 47.1 Å². The second-order valence-electron chi connectivity index (χ2n) is 8.61. The molecule has 0 aliphatic carbocycles. The number of benzene rings is 1. The third-order valence-electron chi connectivity index (χ3n) is 4.92. The van der Waals surface area contributed by atoms with Gasteiger partial charge in [0, 0.05) is 18.5 Å². The van der Waals surface area contributed by atoms with Crippen molar-refractivity contribution in [3.63, 3.8) is 0 Å². The predicted molar refractivity (Wildman–Crippen MR) is 131 cm³/mol. The van der Waals surface area contributed by atoms with Gasteiger partial charge in [0.2, 0.25) is 5.89 Å². The lowest BCUT2D eigenvalue weighted by Crippen LogP contribution is -2.37. The number of aliphatic imine (C=N–C) groups is 1. The predicted octanol–water partition coefficient (Wildman–Crippen LogP) is 3.84. The number of halogens is 1.